The number of halogens is 2. The summed E-state index contributed by atoms with van der Waals surface area (Å²) < 4.78 is 21.8. The molecule has 0 atom stereocenters. The van der Waals surface area contributed by atoms with E-state index in [4.69, 9.17) is 11.6 Å². The van der Waals surface area contributed by atoms with Gasteiger partial charge in [-0.2, -0.15) is 8.42 Å². The Morgan fingerprint density at radius 3 is 2.80 bits per heavy atom. The van der Waals surface area contributed by atoms with Gasteiger partial charge in [-0.05, 0) is 6.07 Å². The molecule has 0 N–H and O–H groups in total. The summed E-state index contributed by atoms with van der Waals surface area (Å²) in [5.41, 5.74) is 1.33. The van der Waals surface area contributed by atoms with Crippen molar-refractivity contribution in [2.24, 2.45) is 0 Å². The minimum absolute atomic E-state index is 0. The van der Waals surface area contributed by atoms with Gasteiger partial charge in [-0.15, -0.1) is 12.4 Å². The van der Waals surface area contributed by atoms with Crippen molar-refractivity contribution in [3.05, 3.63) is 34.6 Å². The summed E-state index contributed by atoms with van der Waals surface area (Å²) in [5, 5.41) is 0.335. The number of nitrogens with zero attached hydrogens (tertiary/aromatic N) is 1. The Labute approximate surface area is 99.7 Å². The number of aromatic nitrogens is 1. The molecule has 1 aromatic heterocycles. The Bertz CT molecular complexity index is 541. The first-order valence-electron chi connectivity index (χ1n) is 3.96. The molecule has 15 heavy (non-hydrogen) atoms. The summed E-state index contributed by atoms with van der Waals surface area (Å²) in [5.74, 6) is 0. The van der Waals surface area contributed by atoms with Gasteiger partial charge >= 0.3 is 0 Å². The SMILES string of the molecule is Cl.O=S(=O)=C1CC=Cc2c1ccnc2Cl. The van der Waals surface area contributed by atoms with Crippen LogP contribution in [0.15, 0.2) is 18.3 Å². The van der Waals surface area contributed by atoms with Gasteiger partial charge in [0.15, 0.2) is 0 Å². The first-order chi connectivity index (χ1) is 6.70. The molecule has 1 aromatic rings. The largest absolute Gasteiger partial charge is 0.244 e. The van der Waals surface area contributed by atoms with Crippen LogP contribution in [0.1, 0.15) is 17.5 Å². The van der Waals surface area contributed by atoms with Crippen LogP contribution in [0.4, 0.5) is 0 Å². The van der Waals surface area contributed by atoms with Crippen molar-refractivity contribution < 1.29 is 8.42 Å². The van der Waals surface area contributed by atoms with E-state index in [-0.39, 0.29) is 12.4 Å². The second-order valence-corrected chi connectivity index (χ2v) is 4.15. The molecule has 0 saturated carbocycles. The summed E-state index contributed by atoms with van der Waals surface area (Å²) in [6.45, 7) is 0. The number of hydrogen-bond donors (Lipinski definition) is 0. The van der Waals surface area contributed by atoms with Gasteiger partial charge in [-0.3, -0.25) is 0 Å². The fourth-order valence-electron chi connectivity index (χ4n) is 1.40. The van der Waals surface area contributed by atoms with Crippen molar-refractivity contribution in [1.29, 1.82) is 0 Å². The van der Waals surface area contributed by atoms with Crippen LogP contribution < -0.4 is 0 Å². The standard InChI is InChI=1S/C9H6ClNO2S.ClH/c10-9-7-2-1-3-8(14(12)13)6(7)4-5-11-9;/h1-2,4-5H,3H2;1H. The maximum absolute atomic E-state index is 10.9. The number of allylic oxidation sites excluding steroid dienone is 1. The van der Waals surface area contributed by atoms with Gasteiger partial charge < -0.3 is 0 Å². The van der Waals surface area contributed by atoms with E-state index in [1.807, 2.05) is 0 Å². The highest BCUT2D eigenvalue weighted by Gasteiger charge is 2.15. The predicted octanol–water partition coefficient (Wildman–Crippen LogP) is 1.97. The van der Waals surface area contributed by atoms with Crippen LogP contribution in [0.2, 0.25) is 5.15 Å². The summed E-state index contributed by atoms with van der Waals surface area (Å²) in [4.78, 5) is 4.25. The van der Waals surface area contributed by atoms with Crippen molar-refractivity contribution in [2.45, 2.75) is 6.42 Å². The first kappa shape index (κ1) is 12.2. The summed E-state index contributed by atoms with van der Waals surface area (Å²) in [7, 11) is -2.19. The van der Waals surface area contributed by atoms with E-state index >= 15 is 0 Å². The molecule has 6 heteroatoms. The van der Waals surface area contributed by atoms with Crippen LogP contribution in [0, 0.1) is 0 Å². The molecule has 0 unspecified atom stereocenters. The number of pyridine rings is 1. The molecule has 0 saturated heterocycles. The third-order valence-corrected chi connectivity index (χ3v) is 3.12. The molecule has 3 nitrogen and oxygen atoms in total. The van der Waals surface area contributed by atoms with Crippen molar-refractivity contribution in [2.75, 3.05) is 0 Å². The molecule has 1 aliphatic carbocycles. The third-order valence-electron chi connectivity index (χ3n) is 2.03. The topological polar surface area (TPSA) is 47.0 Å². The average molecular weight is 264 g/mol. The molecule has 1 aliphatic rings. The van der Waals surface area contributed by atoms with Crippen molar-refractivity contribution >= 4 is 45.2 Å². The molecule has 0 fully saturated rings. The highest BCUT2D eigenvalue weighted by molar-refractivity contribution is 7.73. The maximum Gasteiger partial charge on any atom is 0.218 e. The molecular formula is C9H7Cl2NO2S. The zero-order valence-electron chi connectivity index (χ0n) is 7.47. The Morgan fingerprint density at radius 1 is 1.40 bits per heavy atom. The van der Waals surface area contributed by atoms with Crippen molar-refractivity contribution in [1.82, 2.24) is 4.98 Å². The normalized spacial score (nSPS) is 13.0. The van der Waals surface area contributed by atoms with Gasteiger partial charge in [-0.25, -0.2) is 4.98 Å². The van der Waals surface area contributed by atoms with Crippen LogP contribution >= 0.6 is 24.0 Å². The van der Waals surface area contributed by atoms with Gasteiger partial charge in [0.1, 0.15) is 5.15 Å². The Balaban J connectivity index is 0.00000112. The highest BCUT2D eigenvalue weighted by atomic mass is 35.5. The molecule has 80 valence electrons. The number of fused-ring (bicyclic) bond motifs is 1. The van der Waals surface area contributed by atoms with E-state index in [0.29, 0.717) is 27.6 Å². The second kappa shape index (κ2) is 4.79. The van der Waals surface area contributed by atoms with Gasteiger partial charge in [-0.1, -0.05) is 23.8 Å². The number of rotatable bonds is 0. The molecule has 0 aromatic carbocycles. The Morgan fingerprint density at radius 2 is 2.13 bits per heavy atom. The van der Waals surface area contributed by atoms with Crippen molar-refractivity contribution in [3.63, 3.8) is 0 Å². The molecule has 1 heterocycles. The molecule has 0 bridgehead atoms. The number of hydrogen-bond acceptors (Lipinski definition) is 3. The van der Waals surface area contributed by atoms with E-state index in [2.05, 4.69) is 4.98 Å². The predicted molar refractivity (Wildman–Crippen MR) is 63.2 cm³/mol. The molecule has 2 rings (SSSR count). The van der Waals surface area contributed by atoms with Gasteiger partial charge in [0.25, 0.3) is 0 Å². The zero-order valence-corrected chi connectivity index (χ0v) is 9.86. The minimum Gasteiger partial charge on any atom is -0.244 e. The lowest BCUT2D eigenvalue weighted by molar-refractivity contribution is 0.627. The van der Waals surface area contributed by atoms with Crippen LogP contribution in [0.3, 0.4) is 0 Å². The maximum atomic E-state index is 10.9. The van der Waals surface area contributed by atoms with Crippen LogP contribution in [-0.4, -0.2) is 18.3 Å². The van der Waals surface area contributed by atoms with Crippen LogP contribution in [0.25, 0.3) is 6.08 Å². The minimum atomic E-state index is -2.19. The van der Waals surface area contributed by atoms with Crippen LogP contribution in [0.5, 0.6) is 0 Å². The lowest BCUT2D eigenvalue weighted by Gasteiger charge is -2.10. The first-order valence-corrected chi connectivity index (χ1v) is 5.42. The highest BCUT2D eigenvalue weighted by Crippen LogP contribution is 2.24. The zero-order chi connectivity index (χ0) is 10.1. The summed E-state index contributed by atoms with van der Waals surface area (Å²) in [6.07, 6.45) is 5.48. The van der Waals surface area contributed by atoms with E-state index in [9.17, 15) is 8.42 Å². The second-order valence-electron chi connectivity index (χ2n) is 2.83. The molecule has 0 amide bonds. The monoisotopic (exact) mass is 263 g/mol. The summed E-state index contributed by atoms with van der Waals surface area (Å²) in [6, 6.07) is 1.66. The van der Waals surface area contributed by atoms with Gasteiger partial charge in [0.05, 0.1) is 4.86 Å². The van der Waals surface area contributed by atoms with Crippen molar-refractivity contribution in [3.8, 4) is 0 Å². The Kier molecular flexibility index (Phi) is 3.90. The smallest absolute Gasteiger partial charge is 0.218 e. The quantitative estimate of drug-likeness (QED) is 0.531. The average Bonchev–Trinajstić information content (AvgIpc) is 2.17. The van der Waals surface area contributed by atoms with E-state index in [1.165, 1.54) is 6.20 Å². The van der Waals surface area contributed by atoms with Gasteiger partial charge in [0, 0.05) is 23.7 Å². The fraction of sp³-hybridized carbons (Fsp3) is 0.111. The summed E-state index contributed by atoms with van der Waals surface area (Å²) >= 11 is 5.84. The van der Waals surface area contributed by atoms with Gasteiger partial charge in [0.2, 0.25) is 10.3 Å². The van der Waals surface area contributed by atoms with E-state index < -0.39 is 10.3 Å². The molecule has 0 radical (unpaired) electrons. The third kappa shape index (κ3) is 2.22. The fourth-order valence-corrected chi connectivity index (χ4v) is 2.21. The lowest BCUT2D eigenvalue weighted by Crippen LogP contribution is -2.07. The molecule has 0 aliphatic heterocycles. The van der Waals surface area contributed by atoms with E-state index in [0.717, 1.165) is 0 Å². The molecule has 0 spiro atoms. The van der Waals surface area contributed by atoms with E-state index in [1.54, 1.807) is 18.2 Å². The Hall–Kier alpha value is -0.840. The lowest BCUT2D eigenvalue weighted by atomic mass is 10.00. The molecular weight excluding hydrogens is 257 g/mol. The van der Waals surface area contributed by atoms with Crippen LogP contribution in [-0.2, 0) is 10.3 Å².